The maximum absolute atomic E-state index is 12.9. The van der Waals surface area contributed by atoms with Crippen LogP contribution in [0.4, 0.5) is 0 Å². The standard InChI is InChI=1S/C20H20N2O2S/c1-13-18(20(24)22-11-9-15(23)10-12-22)25-19(21-13)17-8-4-6-14-5-2-3-7-16(14)17/h2-8,15,23H,9-12H2,1H3. The summed E-state index contributed by atoms with van der Waals surface area (Å²) in [6, 6.07) is 14.4. The number of rotatable bonds is 2. The van der Waals surface area contributed by atoms with E-state index < -0.39 is 0 Å². The summed E-state index contributed by atoms with van der Waals surface area (Å²) in [5, 5.41) is 12.8. The SMILES string of the molecule is Cc1nc(-c2cccc3ccccc23)sc1C(=O)N1CCC(O)CC1. The van der Waals surface area contributed by atoms with Crippen molar-refractivity contribution in [1.29, 1.82) is 0 Å². The Hall–Kier alpha value is -2.24. The number of nitrogens with zero attached hydrogens (tertiary/aromatic N) is 2. The zero-order chi connectivity index (χ0) is 17.4. The summed E-state index contributed by atoms with van der Waals surface area (Å²) in [4.78, 5) is 20.1. The molecule has 4 rings (SSSR count). The molecule has 0 saturated carbocycles. The number of amides is 1. The first kappa shape index (κ1) is 16.2. The van der Waals surface area contributed by atoms with Crippen molar-refractivity contribution in [1.82, 2.24) is 9.88 Å². The Labute approximate surface area is 150 Å². The van der Waals surface area contributed by atoms with E-state index in [1.54, 1.807) is 0 Å². The summed E-state index contributed by atoms with van der Waals surface area (Å²) in [6.45, 7) is 3.12. The molecule has 4 nitrogen and oxygen atoms in total. The van der Waals surface area contributed by atoms with Gasteiger partial charge in [-0.2, -0.15) is 0 Å². The van der Waals surface area contributed by atoms with Gasteiger partial charge in [-0.3, -0.25) is 4.79 Å². The molecule has 1 fully saturated rings. The third-order valence-corrected chi connectivity index (χ3v) is 5.94. The van der Waals surface area contributed by atoms with Crippen LogP contribution in [0.2, 0.25) is 0 Å². The minimum absolute atomic E-state index is 0.0355. The van der Waals surface area contributed by atoms with Gasteiger partial charge in [0.2, 0.25) is 0 Å². The Morgan fingerprint density at radius 2 is 1.88 bits per heavy atom. The molecule has 1 amide bonds. The highest BCUT2D eigenvalue weighted by Crippen LogP contribution is 2.34. The van der Waals surface area contributed by atoms with Crippen molar-refractivity contribution >= 4 is 28.0 Å². The van der Waals surface area contributed by atoms with Crippen LogP contribution in [0.25, 0.3) is 21.3 Å². The van der Waals surface area contributed by atoms with E-state index in [2.05, 4.69) is 29.2 Å². The first-order valence-corrected chi connectivity index (χ1v) is 9.38. The first-order valence-electron chi connectivity index (χ1n) is 8.56. The number of benzene rings is 2. The quantitative estimate of drug-likeness (QED) is 0.762. The molecule has 0 radical (unpaired) electrons. The fourth-order valence-electron chi connectivity index (χ4n) is 3.33. The molecule has 0 aliphatic carbocycles. The fourth-order valence-corrected chi connectivity index (χ4v) is 4.41. The van der Waals surface area contributed by atoms with Crippen LogP contribution in [0.3, 0.4) is 0 Å². The van der Waals surface area contributed by atoms with Crippen molar-refractivity contribution < 1.29 is 9.90 Å². The van der Waals surface area contributed by atoms with E-state index in [4.69, 9.17) is 0 Å². The fraction of sp³-hybridized carbons (Fsp3) is 0.300. The van der Waals surface area contributed by atoms with E-state index in [9.17, 15) is 9.90 Å². The largest absolute Gasteiger partial charge is 0.393 e. The highest BCUT2D eigenvalue weighted by molar-refractivity contribution is 7.17. The maximum Gasteiger partial charge on any atom is 0.265 e. The van der Waals surface area contributed by atoms with Crippen molar-refractivity contribution in [2.24, 2.45) is 0 Å². The predicted molar refractivity (Wildman–Crippen MR) is 101 cm³/mol. The Morgan fingerprint density at radius 1 is 1.16 bits per heavy atom. The summed E-state index contributed by atoms with van der Waals surface area (Å²) < 4.78 is 0. The van der Waals surface area contributed by atoms with Crippen LogP contribution in [0.15, 0.2) is 42.5 Å². The third-order valence-electron chi connectivity index (χ3n) is 4.76. The molecule has 0 spiro atoms. The average Bonchev–Trinajstić information content (AvgIpc) is 3.03. The van der Waals surface area contributed by atoms with E-state index in [0.717, 1.165) is 21.7 Å². The number of thiazole rings is 1. The van der Waals surface area contributed by atoms with Gasteiger partial charge in [0.1, 0.15) is 9.88 Å². The lowest BCUT2D eigenvalue weighted by Crippen LogP contribution is -2.39. The Bertz CT molecular complexity index is 921. The van der Waals surface area contributed by atoms with E-state index in [1.165, 1.54) is 16.7 Å². The van der Waals surface area contributed by atoms with E-state index in [0.29, 0.717) is 30.8 Å². The minimum Gasteiger partial charge on any atom is -0.393 e. The van der Waals surface area contributed by atoms with Gasteiger partial charge in [0, 0.05) is 18.7 Å². The Kier molecular flexibility index (Phi) is 4.27. The van der Waals surface area contributed by atoms with Crippen LogP contribution in [0.5, 0.6) is 0 Å². The number of likely N-dealkylation sites (tertiary alicyclic amines) is 1. The number of fused-ring (bicyclic) bond motifs is 1. The molecule has 128 valence electrons. The summed E-state index contributed by atoms with van der Waals surface area (Å²) in [7, 11) is 0. The van der Waals surface area contributed by atoms with Crippen molar-refractivity contribution in [2.75, 3.05) is 13.1 Å². The normalized spacial score (nSPS) is 15.7. The predicted octanol–water partition coefficient (Wildman–Crippen LogP) is 3.87. The second kappa shape index (κ2) is 6.58. The summed E-state index contributed by atoms with van der Waals surface area (Å²) in [6.07, 6.45) is 1.03. The molecule has 1 aliphatic rings. The molecule has 0 unspecified atom stereocenters. The van der Waals surface area contributed by atoms with Crippen LogP contribution < -0.4 is 0 Å². The van der Waals surface area contributed by atoms with Gasteiger partial charge in [0.15, 0.2) is 0 Å². The van der Waals surface area contributed by atoms with Crippen molar-refractivity contribution in [3.05, 3.63) is 53.0 Å². The van der Waals surface area contributed by atoms with Gasteiger partial charge in [-0.1, -0.05) is 42.5 Å². The number of aromatic nitrogens is 1. The van der Waals surface area contributed by atoms with Gasteiger partial charge in [-0.25, -0.2) is 4.98 Å². The number of hydrogen-bond donors (Lipinski definition) is 1. The molecule has 5 heteroatoms. The average molecular weight is 352 g/mol. The zero-order valence-corrected chi connectivity index (χ0v) is 14.9. The highest BCUT2D eigenvalue weighted by Gasteiger charge is 2.26. The van der Waals surface area contributed by atoms with Gasteiger partial charge in [-0.05, 0) is 30.5 Å². The number of aryl methyl sites for hydroxylation is 1. The lowest BCUT2D eigenvalue weighted by atomic mass is 10.1. The van der Waals surface area contributed by atoms with Gasteiger partial charge in [0.25, 0.3) is 5.91 Å². The van der Waals surface area contributed by atoms with Crippen molar-refractivity contribution in [3.8, 4) is 10.6 Å². The Morgan fingerprint density at radius 3 is 2.68 bits per heavy atom. The molecule has 1 saturated heterocycles. The topological polar surface area (TPSA) is 53.4 Å². The van der Waals surface area contributed by atoms with Crippen LogP contribution in [-0.2, 0) is 0 Å². The highest BCUT2D eigenvalue weighted by atomic mass is 32.1. The Balaban J connectivity index is 1.69. The number of aliphatic hydroxyl groups is 1. The molecule has 3 aromatic rings. The van der Waals surface area contributed by atoms with Crippen molar-refractivity contribution in [2.45, 2.75) is 25.9 Å². The van der Waals surface area contributed by atoms with Gasteiger partial charge in [-0.15, -0.1) is 11.3 Å². The molecule has 25 heavy (non-hydrogen) atoms. The van der Waals surface area contributed by atoms with Crippen LogP contribution in [-0.4, -0.2) is 40.1 Å². The van der Waals surface area contributed by atoms with Crippen LogP contribution in [0, 0.1) is 6.92 Å². The maximum atomic E-state index is 12.9. The van der Waals surface area contributed by atoms with Gasteiger partial charge < -0.3 is 10.0 Å². The molecule has 1 aromatic heterocycles. The number of hydrogen-bond acceptors (Lipinski definition) is 4. The molecule has 0 atom stereocenters. The molecule has 1 N–H and O–H groups in total. The number of carbonyl (C=O) groups excluding carboxylic acids is 1. The number of aliphatic hydroxyl groups excluding tert-OH is 1. The molecule has 1 aliphatic heterocycles. The van der Waals surface area contributed by atoms with Crippen LogP contribution >= 0.6 is 11.3 Å². The second-order valence-corrected chi connectivity index (χ2v) is 7.48. The van der Waals surface area contributed by atoms with Crippen molar-refractivity contribution in [3.63, 3.8) is 0 Å². The second-order valence-electron chi connectivity index (χ2n) is 6.48. The van der Waals surface area contributed by atoms with E-state index in [1.807, 2.05) is 30.0 Å². The lowest BCUT2D eigenvalue weighted by Gasteiger charge is -2.29. The molecule has 2 heterocycles. The molecular weight excluding hydrogens is 332 g/mol. The summed E-state index contributed by atoms with van der Waals surface area (Å²) in [5.74, 6) is 0.0355. The number of piperidine rings is 1. The van der Waals surface area contributed by atoms with E-state index in [-0.39, 0.29) is 12.0 Å². The van der Waals surface area contributed by atoms with Gasteiger partial charge in [0.05, 0.1) is 11.8 Å². The lowest BCUT2D eigenvalue weighted by molar-refractivity contribution is 0.0550. The smallest absolute Gasteiger partial charge is 0.265 e. The molecule has 0 bridgehead atoms. The minimum atomic E-state index is -0.280. The first-order chi connectivity index (χ1) is 12.1. The number of carbonyl (C=O) groups is 1. The molecular formula is C20H20N2O2S. The summed E-state index contributed by atoms with van der Waals surface area (Å²) in [5.41, 5.74) is 1.85. The van der Waals surface area contributed by atoms with Crippen LogP contribution in [0.1, 0.15) is 28.2 Å². The summed E-state index contributed by atoms with van der Waals surface area (Å²) >= 11 is 1.47. The van der Waals surface area contributed by atoms with Gasteiger partial charge >= 0.3 is 0 Å². The molecule has 2 aromatic carbocycles. The zero-order valence-electron chi connectivity index (χ0n) is 14.1. The van der Waals surface area contributed by atoms with E-state index >= 15 is 0 Å². The monoisotopic (exact) mass is 352 g/mol. The third kappa shape index (κ3) is 3.05.